The van der Waals surface area contributed by atoms with Gasteiger partial charge in [-0.15, -0.1) is 0 Å². The van der Waals surface area contributed by atoms with Gasteiger partial charge in [-0.2, -0.15) is 0 Å². The van der Waals surface area contributed by atoms with Crippen molar-refractivity contribution in [3.8, 4) is 0 Å². The molecular formula is C10H5N3O2. The van der Waals surface area contributed by atoms with Crippen LogP contribution in [-0.2, 0) is 4.79 Å². The molecule has 15 heavy (non-hydrogen) atoms. The summed E-state index contributed by atoms with van der Waals surface area (Å²) in [7, 11) is 0. The second kappa shape index (κ2) is 2.60. The summed E-state index contributed by atoms with van der Waals surface area (Å²) >= 11 is 0. The highest BCUT2D eigenvalue weighted by Crippen LogP contribution is 2.32. The predicted octanol–water partition coefficient (Wildman–Crippen LogP) is 0.963. The van der Waals surface area contributed by atoms with Crippen molar-refractivity contribution in [2.45, 2.75) is 0 Å². The van der Waals surface area contributed by atoms with Crippen LogP contribution in [0.1, 0.15) is 11.4 Å². The number of aliphatic carboxylic acids is 1. The standard InChI is InChI=1S/C10H5N3O2/c14-10(15)5-3-7-8-6(1-2-11-7)12-4-13-9(5)8/h1-4H,(H,14,15). The van der Waals surface area contributed by atoms with Gasteiger partial charge in [0.05, 0.1) is 27.9 Å². The molecule has 1 aliphatic carbocycles. The summed E-state index contributed by atoms with van der Waals surface area (Å²) in [4.78, 5) is 23.1. The third-order valence-electron chi connectivity index (χ3n) is 2.35. The fourth-order valence-corrected chi connectivity index (χ4v) is 1.71. The lowest BCUT2D eigenvalue weighted by Gasteiger charge is -1.99. The quantitative estimate of drug-likeness (QED) is 0.740. The van der Waals surface area contributed by atoms with Crippen LogP contribution in [0.3, 0.4) is 0 Å². The highest BCUT2D eigenvalue weighted by Gasteiger charge is 2.23. The van der Waals surface area contributed by atoms with E-state index in [1.54, 1.807) is 12.3 Å². The van der Waals surface area contributed by atoms with E-state index in [4.69, 9.17) is 5.11 Å². The van der Waals surface area contributed by atoms with Crippen LogP contribution < -0.4 is 0 Å². The van der Waals surface area contributed by atoms with Gasteiger partial charge in [-0.25, -0.2) is 14.8 Å². The van der Waals surface area contributed by atoms with Crippen LogP contribution in [-0.4, -0.2) is 26.0 Å². The molecule has 2 aromatic heterocycles. The van der Waals surface area contributed by atoms with Crippen molar-refractivity contribution in [1.82, 2.24) is 15.0 Å². The first kappa shape index (κ1) is 8.05. The number of carboxylic acids is 1. The molecule has 0 saturated heterocycles. The summed E-state index contributed by atoms with van der Waals surface area (Å²) in [6.07, 6.45) is 4.49. The fourth-order valence-electron chi connectivity index (χ4n) is 1.71. The van der Waals surface area contributed by atoms with Gasteiger partial charge in [-0.1, -0.05) is 0 Å². The van der Waals surface area contributed by atoms with Crippen LogP contribution in [0.5, 0.6) is 0 Å². The van der Waals surface area contributed by atoms with Gasteiger partial charge < -0.3 is 5.11 Å². The van der Waals surface area contributed by atoms with Crippen molar-refractivity contribution >= 4 is 28.5 Å². The minimum atomic E-state index is -0.993. The second-order valence-corrected chi connectivity index (χ2v) is 3.18. The van der Waals surface area contributed by atoms with E-state index < -0.39 is 5.97 Å². The van der Waals surface area contributed by atoms with E-state index in [0.717, 1.165) is 10.9 Å². The van der Waals surface area contributed by atoms with Crippen molar-refractivity contribution in [3.05, 3.63) is 30.0 Å². The van der Waals surface area contributed by atoms with Crippen molar-refractivity contribution in [1.29, 1.82) is 0 Å². The molecule has 0 spiro atoms. The second-order valence-electron chi connectivity index (χ2n) is 3.18. The Balaban J connectivity index is 2.45. The molecule has 0 saturated carbocycles. The van der Waals surface area contributed by atoms with Crippen molar-refractivity contribution in [3.63, 3.8) is 0 Å². The molecule has 0 bridgehead atoms. The predicted molar refractivity (Wildman–Crippen MR) is 52.8 cm³/mol. The number of rotatable bonds is 1. The van der Waals surface area contributed by atoms with E-state index in [-0.39, 0.29) is 5.57 Å². The maximum Gasteiger partial charge on any atom is 0.338 e. The maximum atomic E-state index is 11.0. The van der Waals surface area contributed by atoms with Crippen molar-refractivity contribution in [2.75, 3.05) is 0 Å². The number of nitrogens with zero attached hydrogens (tertiary/aromatic N) is 3. The van der Waals surface area contributed by atoms with Crippen molar-refractivity contribution in [2.24, 2.45) is 0 Å². The Labute approximate surface area is 84.1 Å². The van der Waals surface area contributed by atoms with Crippen LogP contribution in [0.2, 0.25) is 0 Å². The minimum absolute atomic E-state index is 0.177. The molecular weight excluding hydrogens is 194 g/mol. The number of hydrogen-bond acceptors (Lipinski definition) is 4. The summed E-state index contributed by atoms with van der Waals surface area (Å²) < 4.78 is 0. The van der Waals surface area contributed by atoms with E-state index in [2.05, 4.69) is 15.0 Å². The van der Waals surface area contributed by atoms with Gasteiger partial charge in [0.25, 0.3) is 0 Å². The molecule has 1 aliphatic rings. The smallest absolute Gasteiger partial charge is 0.338 e. The summed E-state index contributed by atoms with van der Waals surface area (Å²) in [5.74, 6) is -0.993. The Morgan fingerprint density at radius 3 is 2.93 bits per heavy atom. The molecule has 0 aromatic carbocycles. The van der Waals surface area contributed by atoms with Crippen LogP contribution >= 0.6 is 0 Å². The average Bonchev–Trinajstić information content (AvgIpc) is 2.61. The number of aromatic nitrogens is 3. The summed E-state index contributed by atoms with van der Waals surface area (Å²) in [6.45, 7) is 0. The Bertz CT molecular complexity index is 614. The van der Waals surface area contributed by atoms with E-state index in [1.165, 1.54) is 12.4 Å². The maximum absolute atomic E-state index is 11.0. The first-order chi connectivity index (χ1) is 7.27. The summed E-state index contributed by atoms with van der Waals surface area (Å²) in [5.41, 5.74) is 1.98. The summed E-state index contributed by atoms with van der Waals surface area (Å²) in [5, 5.41) is 9.70. The van der Waals surface area contributed by atoms with E-state index >= 15 is 0 Å². The Hall–Kier alpha value is -2.30. The van der Waals surface area contributed by atoms with Crippen LogP contribution in [0.15, 0.2) is 18.6 Å². The van der Waals surface area contributed by atoms with Gasteiger partial charge in [0, 0.05) is 6.20 Å². The van der Waals surface area contributed by atoms with E-state index in [9.17, 15) is 4.79 Å². The highest BCUT2D eigenvalue weighted by atomic mass is 16.4. The molecule has 0 radical (unpaired) electrons. The van der Waals surface area contributed by atoms with Gasteiger partial charge in [0.1, 0.15) is 6.33 Å². The molecule has 5 nitrogen and oxygen atoms in total. The van der Waals surface area contributed by atoms with Crippen LogP contribution in [0.4, 0.5) is 0 Å². The first-order valence-corrected chi connectivity index (χ1v) is 4.32. The Morgan fingerprint density at radius 1 is 1.27 bits per heavy atom. The highest BCUT2D eigenvalue weighted by molar-refractivity contribution is 6.27. The zero-order valence-corrected chi connectivity index (χ0v) is 7.51. The zero-order valence-electron chi connectivity index (χ0n) is 7.51. The lowest BCUT2D eigenvalue weighted by atomic mass is 10.2. The molecule has 2 aromatic rings. The molecule has 0 unspecified atom stereocenters. The van der Waals surface area contributed by atoms with E-state index in [1.807, 2.05) is 0 Å². The van der Waals surface area contributed by atoms with E-state index in [0.29, 0.717) is 11.4 Å². The topological polar surface area (TPSA) is 76.0 Å². The Morgan fingerprint density at radius 2 is 2.13 bits per heavy atom. The number of pyridine rings is 1. The summed E-state index contributed by atoms with van der Waals surface area (Å²) in [6, 6.07) is 1.74. The lowest BCUT2D eigenvalue weighted by Crippen LogP contribution is -1.99. The lowest BCUT2D eigenvalue weighted by molar-refractivity contribution is -0.130. The molecule has 0 fully saturated rings. The average molecular weight is 199 g/mol. The molecule has 1 N–H and O–H groups in total. The minimum Gasteiger partial charge on any atom is -0.478 e. The molecule has 0 atom stereocenters. The largest absolute Gasteiger partial charge is 0.478 e. The normalized spacial score (nSPS) is 12.9. The van der Waals surface area contributed by atoms with Crippen LogP contribution in [0.25, 0.3) is 22.6 Å². The zero-order chi connectivity index (χ0) is 10.4. The molecule has 2 heterocycles. The van der Waals surface area contributed by atoms with Crippen LogP contribution in [0, 0.1) is 0 Å². The van der Waals surface area contributed by atoms with Gasteiger partial charge in [-0.3, -0.25) is 4.98 Å². The van der Waals surface area contributed by atoms with Gasteiger partial charge in [0.15, 0.2) is 0 Å². The fraction of sp³-hybridized carbons (Fsp3) is 0. The molecule has 3 rings (SSSR count). The SMILES string of the molecule is O=C(O)C1=Cc2nccc3ncnc1c23. The molecule has 0 amide bonds. The third-order valence-corrected chi connectivity index (χ3v) is 2.35. The monoisotopic (exact) mass is 199 g/mol. The number of carbonyl (C=O) groups is 1. The number of carboxylic acid groups (broad SMARTS) is 1. The first-order valence-electron chi connectivity index (χ1n) is 4.32. The van der Waals surface area contributed by atoms with Gasteiger partial charge in [-0.05, 0) is 12.1 Å². The molecule has 0 aliphatic heterocycles. The third kappa shape index (κ3) is 0.969. The molecule has 5 heteroatoms. The van der Waals surface area contributed by atoms with Crippen molar-refractivity contribution < 1.29 is 9.90 Å². The molecule has 72 valence electrons. The van der Waals surface area contributed by atoms with Gasteiger partial charge >= 0.3 is 5.97 Å². The van der Waals surface area contributed by atoms with Gasteiger partial charge in [0.2, 0.25) is 0 Å². The number of hydrogen-bond donors (Lipinski definition) is 1. The Kier molecular flexibility index (Phi) is 1.39.